The predicted octanol–water partition coefficient (Wildman–Crippen LogP) is 3.41. The van der Waals surface area contributed by atoms with Gasteiger partial charge in [0.05, 0.1) is 11.5 Å². The number of non-ortho nitro benzene ring substituents is 1. The molecule has 0 aliphatic carbocycles. The molecule has 28 heavy (non-hydrogen) atoms. The van der Waals surface area contributed by atoms with E-state index in [1.165, 1.54) is 17.0 Å². The Morgan fingerprint density at radius 1 is 1.11 bits per heavy atom. The summed E-state index contributed by atoms with van der Waals surface area (Å²) in [5.41, 5.74) is 0.601. The van der Waals surface area contributed by atoms with Gasteiger partial charge in [-0.3, -0.25) is 19.9 Å². The maximum absolute atomic E-state index is 10.9. The standard InChI is InChI=1S/C19H21N5O3S/c25-24(26)16-5-1-4-15(12-16)19-20-18(27-21-19)14-23-8-3-7-22(9-10-23)13-17-6-2-11-28-17/h1-2,4-6,11-12H,3,7-10,13-14H2. The summed E-state index contributed by atoms with van der Waals surface area (Å²) in [7, 11) is 0. The van der Waals surface area contributed by atoms with Crippen LogP contribution in [0.3, 0.4) is 0 Å². The van der Waals surface area contributed by atoms with Gasteiger partial charge in [-0.2, -0.15) is 4.98 Å². The number of aromatic nitrogens is 2. The number of rotatable bonds is 6. The average Bonchev–Trinajstić information content (AvgIpc) is 3.33. The van der Waals surface area contributed by atoms with Gasteiger partial charge in [0.25, 0.3) is 5.69 Å². The molecule has 1 aromatic carbocycles. The number of hydrogen-bond acceptors (Lipinski definition) is 8. The highest BCUT2D eigenvalue weighted by molar-refractivity contribution is 7.09. The minimum Gasteiger partial charge on any atom is -0.338 e. The number of nitro benzene ring substituents is 1. The molecule has 9 heteroatoms. The number of hydrogen-bond donors (Lipinski definition) is 0. The Balaban J connectivity index is 1.36. The summed E-state index contributed by atoms with van der Waals surface area (Å²) in [5, 5.41) is 17.1. The molecule has 1 fully saturated rings. The minimum absolute atomic E-state index is 0.0159. The first kappa shape index (κ1) is 18.7. The molecule has 3 aromatic rings. The molecule has 0 radical (unpaired) electrons. The van der Waals surface area contributed by atoms with Crippen molar-refractivity contribution in [3.05, 3.63) is 62.7 Å². The molecule has 4 rings (SSSR count). The van der Waals surface area contributed by atoms with Crippen LogP contribution in [-0.2, 0) is 13.1 Å². The van der Waals surface area contributed by atoms with Crippen LogP contribution in [0.15, 0.2) is 46.3 Å². The van der Waals surface area contributed by atoms with Crippen LogP contribution in [0.1, 0.15) is 17.2 Å². The normalized spacial score (nSPS) is 16.1. The fraction of sp³-hybridized carbons (Fsp3) is 0.368. The van der Waals surface area contributed by atoms with E-state index in [-0.39, 0.29) is 5.69 Å². The van der Waals surface area contributed by atoms with E-state index in [9.17, 15) is 10.1 Å². The Bertz CT molecular complexity index is 927. The van der Waals surface area contributed by atoms with Crippen molar-refractivity contribution in [3.63, 3.8) is 0 Å². The largest absolute Gasteiger partial charge is 0.338 e. The second-order valence-electron chi connectivity index (χ2n) is 6.80. The molecular formula is C19H21N5O3S. The maximum atomic E-state index is 10.9. The van der Waals surface area contributed by atoms with Crippen molar-refractivity contribution in [2.45, 2.75) is 19.5 Å². The molecule has 0 spiro atoms. The summed E-state index contributed by atoms with van der Waals surface area (Å²) in [6, 6.07) is 10.6. The summed E-state index contributed by atoms with van der Waals surface area (Å²) in [6.45, 7) is 5.61. The summed E-state index contributed by atoms with van der Waals surface area (Å²) in [5.74, 6) is 0.918. The van der Waals surface area contributed by atoms with E-state index in [1.54, 1.807) is 23.5 Å². The molecule has 0 saturated carbocycles. The highest BCUT2D eigenvalue weighted by Crippen LogP contribution is 2.22. The molecular weight excluding hydrogens is 378 g/mol. The van der Waals surface area contributed by atoms with Crippen LogP contribution in [-0.4, -0.2) is 51.0 Å². The molecule has 0 N–H and O–H groups in total. The Morgan fingerprint density at radius 3 is 2.68 bits per heavy atom. The van der Waals surface area contributed by atoms with Gasteiger partial charge in [0.1, 0.15) is 0 Å². The van der Waals surface area contributed by atoms with E-state index in [1.807, 2.05) is 0 Å². The lowest BCUT2D eigenvalue weighted by Crippen LogP contribution is -2.30. The molecule has 146 valence electrons. The summed E-state index contributed by atoms with van der Waals surface area (Å²) in [6.07, 6.45) is 1.09. The van der Waals surface area contributed by atoms with Crippen molar-refractivity contribution in [2.75, 3.05) is 26.2 Å². The van der Waals surface area contributed by atoms with Crippen molar-refractivity contribution in [3.8, 4) is 11.4 Å². The van der Waals surface area contributed by atoms with Crippen LogP contribution in [0.25, 0.3) is 11.4 Å². The van der Waals surface area contributed by atoms with Gasteiger partial charge in [-0.1, -0.05) is 23.4 Å². The van der Waals surface area contributed by atoms with Gasteiger partial charge in [0.2, 0.25) is 11.7 Å². The van der Waals surface area contributed by atoms with Gasteiger partial charge in [-0.15, -0.1) is 11.3 Å². The molecule has 2 aromatic heterocycles. The zero-order valence-corrected chi connectivity index (χ0v) is 16.2. The molecule has 3 heterocycles. The molecule has 0 bridgehead atoms. The second-order valence-corrected chi connectivity index (χ2v) is 7.84. The Morgan fingerprint density at radius 2 is 1.93 bits per heavy atom. The third kappa shape index (κ3) is 4.61. The first-order chi connectivity index (χ1) is 13.7. The summed E-state index contributed by atoms with van der Waals surface area (Å²) >= 11 is 1.80. The number of nitrogens with zero attached hydrogens (tertiary/aromatic N) is 5. The summed E-state index contributed by atoms with van der Waals surface area (Å²) < 4.78 is 5.39. The van der Waals surface area contributed by atoms with Gasteiger partial charge in [-0.25, -0.2) is 0 Å². The van der Waals surface area contributed by atoms with Crippen LogP contribution in [0, 0.1) is 10.1 Å². The van der Waals surface area contributed by atoms with Crippen molar-refractivity contribution >= 4 is 17.0 Å². The number of benzene rings is 1. The molecule has 1 saturated heterocycles. The fourth-order valence-electron chi connectivity index (χ4n) is 3.35. The average molecular weight is 399 g/mol. The maximum Gasteiger partial charge on any atom is 0.270 e. The van der Waals surface area contributed by atoms with E-state index < -0.39 is 4.92 Å². The van der Waals surface area contributed by atoms with Crippen molar-refractivity contribution in [1.82, 2.24) is 19.9 Å². The lowest BCUT2D eigenvalue weighted by Gasteiger charge is -2.20. The van der Waals surface area contributed by atoms with Crippen molar-refractivity contribution in [1.29, 1.82) is 0 Å². The van der Waals surface area contributed by atoms with E-state index in [4.69, 9.17) is 4.52 Å². The third-order valence-electron chi connectivity index (χ3n) is 4.78. The van der Waals surface area contributed by atoms with Crippen molar-refractivity contribution < 1.29 is 9.45 Å². The molecule has 1 aliphatic heterocycles. The SMILES string of the molecule is O=[N+]([O-])c1cccc(-c2noc(CN3CCCN(Cc4cccs4)CC3)n2)c1. The minimum atomic E-state index is -0.427. The van der Waals surface area contributed by atoms with E-state index in [0.29, 0.717) is 23.8 Å². The first-order valence-electron chi connectivity index (χ1n) is 9.22. The van der Waals surface area contributed by atoms with Gasteiger partial charge >= 0.3 is 0 Å². The quantitative estimate of drug-likeness (QED) is 0.463. The monoisotopic (exact) mass is 399 g/mol. The van der Waals surface area contributed by atoms with Gasteiger partial charge in [0.15, 0.2) is 0 Å². The Labute approximate surface area is 166 Å². The molecule has 1 aliphatic rings. The molecule has 8 nitrogen and oxygen atoms in total. The Kier molecular flexibility index (Phi) is 5.75. The summed E-state index contributed by atoms with van der Waals surface area (Å²) in [4.78, 5) is 21.1. The molecule has 0 amide bonds. The van der Waals surface area contributed by atoms with E-state index in [0.717, 1.165) is 39.1 Å². The first-order valence-corrected chi connectivity index (χ1v) is 10.1. The zero-order valence-electron chi connectivity index (χ0n) is 15.4. The lowest BCUT2D eigenvalue weighted by molar-refractivity contribution is -0.384. The number of nitro groups is 1. The predicted molar refractivity (Wildman–Crippen MR) is 106 cm³/mol. The van der Waals surface area contributed by atoms with E-state index >= 15 is 0 Å². The fourth-order valence-corrected chi connectivity index (χ4v) is 4.10. The molecule has 0 atom stereocenters. The van der Waals surface area contributed by atoms with Crippen LogP contribution >= 0.6 is 11.3 Å². The van der Waals surface area contributed by atoms with Crippen LogP contribution < -0.4 is 0 Å². The van der Waals surface area contributed by atoms with Gasteiger partial charge in [0, 0.05) is 42.2 Å². The lowest BCUT2D eigenvalue weighted by atomic mass is 10.2. The Hall–Kier alpha value is -2.62. The topological polar surface area (TPSA) is 88.5 Å². The highest BCUT2D eigenvalue weighted by atomic mass is 32.1. The second kappa shape index (κ2) is 8.59. The smallest absolute Gasteiger partial charge is 0.270 e. The molecule has 0 unspecified atom stereocenters. The van der Waals surface area contributed by atoms with Crippen molar-refractivity contribution in [2.24, 2.45) is 0 Å². The van der Waals surface area contributed by atoms with Crippen LogP contribution in [0.4, 0.5) is 5.69 Å². The van der Waals surface area contributed by atoms with E-state index in [2.05, 4.69) is 37.5 Å². The number of thiophene rings is 1. The van der Waals surface area contributed by atoms with Gasteiger partial charge in [-0.05, 0) is 31.0 Å². The highest BCUT2D eigenvalue weighted by Gasteiger charge is 2.19. The van der Waals surface area contributed by atoms with Gasteiger partial charge < -0.3 is 4.52 Å². The van der Waals surface area contributed by atoms with Crippen LogP contribution in [0.2, 0.25) is 0 Å². The van der Waals surface area contributed by atoms with Crippen LogP contribution in [0.5, 0.6) is 0 Å². The zero-order chi connectivity index (χ0) is 19.3. The third-order valence-corrected chi connectivity index (χ3v) is 5.64.